The average Bonchev–Trinajstić information content (AvgIpc) is 2.47. The summed E-state index contributed by atoms with van der Waals surface area (Å²) in [5.41, 5.74) is 2.04. The highest BCUT2D eigenvalue weighted by Crippen LogP contribution is 2.09. The first-order chi connectivity index (χ1) is 10.3. The molecule has 2 atom stereocenters. The minimum Gasteiger partial charge on any atom is -0.467 e. The second kappa shape index (κ2) is 8.54. The van der Waals surface area contributed by atoms with Crippen LogP contribution in [0.2, 0.25) is 0 Å². The molecule has 0 aromatic heterocycles. The number of aliphatic hydroxyl groups excluding tert-OH is 1. The molecule has 0 aliphatic carbocycles. The number of methoxy groups -OCH3 is 1. The van der Waals surface area contributed by atoms with Crippen molar-refractivity contribution in [2.24, 2.45) is 5.92 Å². The number of ether oxygens (including phenoxy) is 1. The van der Waals surface area contributed by atoms with Gasteiger partial charge in [-0.3, -0.25) is 4.79 Å². The van der Waals surface area contributed by atoms with Crippen molar-refractivity contribution >= 4 is 11.9 Å². The number of nitrogens with one attached hydrogen (secondary N) is 1. The van der Waals surface area contributed by atoms with Gasteiger partial charge in [-0.2, -0.15) is 0 Å². The third-order valence-corrected chi connectivity index (χ3v) is 3.36. The monoisotopic (exact) mass is 307 g/mol. The van der Waals surface area contributed by atoms with Gasteiger partial charge in [0.05, 0.1) is 7.11 Å². The fraction of sp³-hybridized carbons (Fsp3) is 0.529. The molecule has 0 aliphatic heterocycles. The molecule has 0 heterocycles. The van der Waals surface area contributed by atoms with Crippen LogP contribution in [-0.4, -0.2) is 36.2 Å². The maximum Gasteiger partial charge on any atom is 0.328 e. The summed E-state index contributed by atoms with van der Waals surface area (Å²) >= 11 is 0. The molecule has 1 amide bonds. The Morgan fingerprint density at radius 3 is 2.32 bits per heavy atom. The van der Waals surface area contributed by atoms with Crippen LogP contribution in [0.5, 0.6) is 0 Å². The average molecular weight is 307 g/mol. The standard InChI is InChI=1S/C17H25NO4/c1-11(2)9-15(19)16(20)18-14(17(21)22-4)10-13-7-5-12(3)6-8-13/h5-8,11,14-15,19H,9-10H2,1-4H3,(H,18,20)/t14-,15+/m1/s1. The van der Waals surface area contributed by atoms with E-state index in [4.69, 9.17) is 4.74 Å². The molecular weight excluding hydrogens is 282 g/mol. The van der Waals surface area contributed by atoms with Crippen LogP contribution in [-0.2, 0) is 20.7 Å². The van der Waals surface area contributed by atoms with Crippen LogP contribution in [0.15, 0.2) is 24.3 Å². The van der Waals surface area contributed by atoms with Crippen molar-refractivity contribution in [3.8, 4) is 0 Å². The Hall–Kier alpha value is -1.88. The minimum atomic E-state index is -1.12. The number of carbonyl (C=O) groups excluding carboxylic acids is 2. The van der Waals surface area contributed by atoms with Crippen LogP contribution >= 0.6 is 0 Å². The van der Waals surface area contributed by atoms with Crippen LogP contribution in [0.25, 0.3) is 0 Å². The number of benzene rings is 1. The number of carbonyl (C=O) groups is 2. The summed E-state index contributed by atoms with van der Waals surface area (Å²) in [4.78, 5) is 23.8. The molecule has 1 aromatic carbocycles. The predicted molar refractivity (Wildman–Crippen MR) is 84.3 cm³/mol. The van der Waals surface area contributed by atoms with Crippen molar-refractivity contribution in [2.45, 2.75) is 45.8 Å². The van der Waals surface area contributed by atoms with Crippen LogP contribution in [0.1, 0.15) is 31.4 Å². The quantitative estimate of drug-likeness (QED) is 0.750. The van der Waals surface area contributed by atoms with E-state index in [1.165, 1.54) is 7.11 Å². The summed E-state index contributed by atoms with van der Waals surface area (Å²) in [6, 6.07) is 6.89. The molecule has 0 saturated carbocycles. The number of hydrogen-bond acceptors (Lipinski definition) is 4. The molecule has 2 N–H and O–H groups in total. The van der Waals surface area contributed by atoms with Crippen LogP contribution < -0.4 is 5.32 Å². The molecule has 1 aromatic rings. The summed E-state index contributed by atoms with van der Waals surface area (Å²) in [6.07, 6.45) is -0.442. The van der Waals surface area contributed by atoms with Crippen LogP contribution in [0.4, 0.5) is 0 Å². The van der Waals surface area contributed by atoms with Crippen LogP contribution in [0.3, 0.4) is 0 Å². The highest BCUT2D eigenvalue weighted by Gasteiger charge is 2.25. The van der Waals surface area contributed by atoms with Gasteiger partial charge in [0.15, 0.2) is 0 Å². The van der Waals surface area contributed by atoms with Crippen molar-refractivity contribution in [3.63, 3.8) is 0 Å². The Morgan fingerprint density at radius 2 is 1.82 bits per heavy atom. The zero-order valence-corrected chi connectivity index (χ0v) is 13.6. The lowest BCUT2D eigenvalue weighted by molar-refractivity contribution is -0.146. The Balaban J connectivity index is 2.74. The van der Waals surface area contributed by atoms with E-state index in [0.29, 0.717) is 12.8 Å². The smallest absolute Gasteiger partial charge is 0.328 e. The maximum atomic E-state index is 12.0. The van der Waals surface area contributed by atoms with Gasteiger partial charge < -0.3 is 15.2 Å². The Morgan fingerprint density at radius 1 is 1.23 bits per heavy atom. The van der Waals surface area contributed by atoms with Gasteiger partial charge in [0, 0.05) is 6.42 Å². The van der Waals surface area contributed by atoms with E-state index in [9.17, 15) is 14.7 Å². The fourth-order valence-electron chi connectivity index (χ4n) is 2.12. The lowest BCUT2D eigenvalue weighted by atomic mass is 10.0. The number of amides is 1. The topological polar surface area (TPSA) is 75.6 Å². The molecule has 1 rings (SSSR count). The van der Waals surface area contributed by atoms with Gasteiger partial charge in [-0.25, -0.2) is 4.79 Å². The zero-order chi connectivity index (χ0) is 16.7. The third kappa shape index (κ3) is 5.85. The fourth-order valence-corrected chi connectivity index (χ4v) is 2.12. The molecule has 5 heteroatoms. The zero-order valence-electron chi connectivity index (χ0n) is 13.6. The molecule has 0 bridgehead atoms. The molecule has 0 fully saturated rings. The number of aryl methyl sites for hydroxylation is 1. The molecule has 0 spiro atoms. The second-order valence-electron chi connectivity index (χ2n) is 5.92. The summed E-state index contributed by atoms with van der Waals surface area (Å²) in [6.45, 7) is 5.81. The third-order valence-electron chi connectivity index (χ3n) is 3.36. The molecule has 122 valence electrons. The largest absolute Gasteiger partial charge is 0.467 e. The van der Waals surface area contributed by atoms with Crippen molar-refractivity contribution < 1.29 is 19.4 Å². The van der Waals surface area contributed by atoms with Crippen LogP contribution in [0, 0.1) is 12.8 Å². The van der Waals surface area contributed by atoms with Gasteiger partial charge in [0.25, 0.3) is 0 Å². The Kier molecular flexibility index (Phi) is 7.05. The van der Waals surface area contributed by atoms with Gasteiger partial charge in [0.2, 0.25) is 5.91 Å². The first kappa shape index (κ1) is 18.2. The molecular formula is C17H25NO4. The number of aliphatic hydroxyl groups is 1. The highest BCUT2D eigenvalue weighted by atomic mass is 16.5. The van der Waals surface area contributed by atoms with E-state index < -0.39 is 24.0 Å². The molecule has 0 saturated heterocycles. The van der Waals surface area contributed by atoms with Gasteiger partial charge in [-0.05, 0) is 24.8 Å². The van der Waals surface area contributed by atoms with E-state index in [-0.39, 0.29) is 5.92 Å². The first-order valence-corrected chi connectivity index (χ1v) is 7.45. The molecule has 0 aliphatic rings. The van der Waals surface area contributed by atoms with E-state index in [1.54, 1.807) is 0 Å². The van der Waals surface area contributed by atoms with E-state index >= 15 is 0 Å². The van der Waals surface area contributed by atoms with Gasteiger partial charge in [-0.1, -0.05) is 43.7 Å². The summed E-state index contributed by atoms with van der Waals surface area (Å²) in [5.74, 6) is -0.878. The SMILES string of the molecule is COC(=O)[C@@H](Cc1ccc(C)cc1)NC(=O)[C@@H](O)CC(C)C. The lowest BCUT2D eigenvalue weighted by Crippen LogP contribution is -2.47. The number of rotatable bonds is 7. The molecule has 0 unspecified atom stereocenters. The van der Waals surface area contributed by atoms with E-state index in [1.807, 2.05) is 45.0 Å². The summed E-state index contributed by atoms with van der Waals surface area (Å²) in [7, 11) is 1.28. The van der Waals surface area contributed by atoms with Gasteiger partial charge in [0.1, 0.15) is 12.1 Å². The predicted octanol–water partition coefficient (Wildman–Crippen LogP) is 1.60. The van der Waals surface area contributed by atoms with Gasteiger partial charge in [-0.15, -0.1) is 0 Å². The van der Waals surface area contributed by atoms with Gasteiger partial charge >= 0.3 is 5.97 Å². The van der Waals surface area contributed by atoms with E-state index in [2.05, 4.69) is 5.32 Å². The van der Waals surface area contributed by atoms with Crippen molar-refractivity contribution in [2.75, 3.05) is 7.11 Å². The second-order valence-corrected chi connectivity index (χ2v) is 5.92. The summed E-state index contributed by atoms with van der Waals surface area (Å²) < 4.78 is 4.73. The highest BCUT2D eigenvalue weighted by molar-refractivity contribution is 5.86. The van der Waals surface area contributed by atoms with Crippen molar-refractivity contribution in [3.05, 3.63) is 35.4 Å². The normalized spacial score (nSPS) is 13.5. The first-order valence-electron chi connectivity index (χ1n) is 7.45. The van der Waals surface area contributed by atoms with Crippen molar-refractivity contribution in [1.29, 1.82) is 0 Å². The minimum absolute atomic E-state index is 0.189. The number of hydrogen-bond donors (Lipinski definition) is 2. The van der Waals surface area contributed by atoms with Crippen molar-refractivity contribution in [1.82, 2.24) is 5.32 Å². The molecule has 22 heavy (non-hydrogen) atoms. The molecule has 5 nitrogen and oxygen atoms in total. The molecule has 0 radical (unpaired) electrons. The summed E-state index contributed by atoms with van der Waals surface area (Å²) in [5, 5.41) is 12.4. The lowest BCUT2D eigenvalue weighted by Gasteiger charge is -2.19. The Labute approximate surface area is 131 Å². The number of esters is 1. The maximum absolute atomic E-state index is 12.0. The Bertz CT molecular complexity index is 496. The van der Waals surface area contributed by atoms with E-state index in [0.717, 1.165) is 11.1 Å².